The van der Waals surface area contributed by atoms with Crippen LogP contribution in [0.3, 0.4) is 0 Å². The van der Waals surface area contributed by atoms with Gasteiger partial charge in [-0.1, -0.05) is 11.6 Å². The van der Waals surface area contributed by atoms with E-state index in [1.54, 1.807) is 12.4 Å². The minimum absolute atomic E-state index is 0.392. The summed E-state index contributed by atoms with van der Waals surface area (Å²) in [7, 11) is 0. The summed E-state index contributed by atoms with van der Waals surface area (Å²) in [5, 5.41) is 3.91. The second kappa shape index (κ2) is 3.47. The van der Waals surface area contributed by atoms with Crippen LogP contribution < -0.4 is 5.32 Å². The summed E-state index contributed by atoms with van der Waals surface area (Å²) >= 11 is 5.81. The smallest absolute Gasteiger partial charge is 0.155 e. The number of nitrogens with one attached hydrogen (secondary N) is 1. The number of halogens is 1. The molecule has 78 valence electrons. The van der Waals surface area contributed by atoms with Gasteiger partial charge in [0.2, 0.25) is 0 Å². The van der Waals surface area contributed by atoms with Crippen LogP contribution in [-0.2, 0) is 0 Å². The van der Waals surface area contributed by atoms with E-state index in [1.807, 2.05) is 10.6 Å². The van der Waals surface area contributed by atoms with Gasteiger partial charge >= 0.3 is 0 Å². The van der Waals surface area contributed by atoms with E-state index in [-0.39, 0.29) is 0 Å². The summed E-state index contributed by atoms with van der Waals surface area (Å²) in [6.45, 7) is 1.08. The number of aromatic nitrogens is 3. The average Bonchev–Trinajstić information content (AvgIpc) is 2.84. The van der Waals surface area contributed by atoms with Crippen LogP contribution in [0.2, 0.25) is 5.15 Å². The highest BCUT2D eigenvalue weighted by Gasteiger charge is 2.18. The van der Waals surface area contributed by atoms with Crippen LogP contribution in [0, 0.1) is 0 Å². The molecule has 0 spiro atoms. The van der Waals surface area contributed by atoms with Crippen LogP contribution in [0.25, 0.3) is 5.65 Å². The van der Waals surface area contributed by atoms with E-state index < -0.39 is 0 Å². The van der Waals surface area contributed by atoms with Gasteiger partial charge in [0.15, 0.2) is 5.65 Å². The molecule has 1 unspecified atom stereocenters. The highest BCUT2D eigenvalue weighted by molar-refractivity contribution is 6.29. The molecule has 2 aromatic rings. The zero-order chi connectivity index (χ0) is 10.3. The third-order valence-electron chi connectivity index (χ3n) is 2.75. The van der Waals surface area contributed by atoms with Gasteiger partial charge in [-0.05, 0) is 19.4 Å². The molecule has 0 bridgehead atoms. The van der Waals surface area contributed by atoms with Gasteiger partial charge in [0, 0.05) is 12.4 Å². The first-order chi connectivity index (χ1) is 7.33. The van der Waals surface area contributed by atoms with Crippen molar-refractivity contribution in [3.63, 3.8) is 0 Å². The molecule has 3 rings (SSSR count). The Morgan fingerprint density at radius 3 is 3.20 bits per heavy atom. The Balaban J connectivity index is 2.05. The van der Waals surface area contributed by atoms with Crippen LogP contribution in [0.5, 0.6) is 0 Å². The summed E-state index contributed by atoms with van der Waals surface area (Å²) in [6.07, 6.45) is 7.87. The van der Waals surface area contributed by atoms with E-state index >= 15 is 0 Å². The largest absolute Gasteiger partial charge is 0.309 e. The average molecular weight is 223 g/mol. The van der Waals surface area contributed by atoms with E-state index in [1.165, 1.54) is 6.42 Å². The summed E-state index contributed by atoms with van der Waals surface area (Å²) in [5.41, 5.74) is 1.93. The Morgan fingerprint density at radius 1 is 1.47 bits per heavy atom. The standard InChI is InChI=1S/C10H11ClN4/c11-9-6-15-5-8(7-2-1-3-12-7)14-10(15)4-13-9/h4-7,12H,1-3H2. The fourth-order valence-electron chi connectivity index (χ4n) is 2.00. The molecular weight excluding hydrogens is 212 g/mol. The van der Waals surface area contributed by atoms with Crippen molar-refractivity contribution >= 4 is 17.2 Å². The summed E-state index contributed by atoms with van der Waals surface area (Å²) in [5.74, 6) is 0. The van der Waals surface area contributed by atoms with Crippen LogP contribution in [0.4, 0.5) is 0 Å². The van der Waals surface area contributed by atoms with Gasteiger partial charge in [0.1, 0.15) is 5.15 Å². The summed E-state index contributed by atoms with van der Waals surface area (Å²) < 4.78 is 1.92. The minimum atomic E-state index is 0.392. The maximum atomic E-state index is 5.81. The Labute approximate surface area is 92.3 Å². The molecule has 4 nitrogen and oxygen atoms in total. The van der Waals surface area contributed by atoms with E-state index in [4.69, 9.17) is 11.6 Å². The summed E-state index contributed by atoms with van der Waals surface area (Å²) in [4.78, 5) is 8.52. The van der Waals surface area contributed by atoms with Crippen LogP contribution in [0.15, 0.2) is 18.6 Å². The number of fused-ring (bicyclic) bond motifs is 1. The molecular formula is C10H11ClN4. The molecule has 0 radical (unpaired) electrons. The topological polar surface area (TPSA) is 42.2 Å². The van der Waals surface area contributed by atoms with Gasteiger partial charge in [-0.15, -0.1) is 0 Å². The predicted octanol–water partition coefficient (Wildman–Crippen LogP) is 1.81. The maximum absolute atomic E-state index is 5.81. The first-order valence-corrected chi connectivity index (χ1v) is 5.44. The van der Waals surface area contributed by atoms with Crippen molar-refractivity contribution in [2.75, 3.05) is 6.54 Å². The molecule has 0 saturated carbocycles. The van der Waals surface area contributed by atoms with Gasteiger partial charge < -0.3 is 9.72 Å². The molecule has 2 aromatic heterocycles. The molecule has 3 heterocycles. The Morgan fingerprint density at radius 2 is 2.40 bits per heavy atom. The van der Waals surface area contributed by atoms with Crippen molar-refractivity contribution in [3.8, 4) is 0 Å². The molecule has 5 heteroatoms. The first kappa shape index (κ1) is 9.12. The number of hydrogen-bond acceptors (Lipinski definition) is 3. The molecule has 1 N–H and O–H groups in total. The van der Waals surface area contributed by atoms with Crippen molar-refractivity contribution in [2.24, 2.45) is 0 Å². The van der Waals surface area contributed by atoms with Crippen molar-refractivity contribution in [1.29, 1.82) is 0 Å². The van der Waals surface area contributed by atoms with Crippen LogP contribution >= 0.6 is 11.6 Å². The lowest BCUT2D eigenvalue weighted by Crippen LogP contribution is -2.12. The lowest BCUT2D eigenvalue weighted by Gasteiger charge is -2.03. The lowest BCUT2D eigenvalue weighted by atomic mass is 10.2. The highest BCUT2D eigenvalue weighted by Crippen LogP contribution is 2.22. The molecule has 0 aromatic carbocycles. The van der Waals surface area contributed by atoms with Crippen molar-refractivity contribution < 1.29 is 0 Å². The van der Waals surface area contributed by atoms with E-state index in [2.05, 4.69) is 15.3 Å². The maximum Gasteiger partial charge on any atom is 0.155 e. The Hall–Kier alpha value is -1.13. The van der Waals surface area contributed by atoms with E-state index in [0.29, 0.717) is 11.2 Å². The zero-order valence-electron chi connectivity index (χ0n) is 8.15. The first-order valence-electron chi connectivity index (χ1n) is 5.06. The second-order valence-corrected chi connectivity index (χ2v) is 4.18. The number of imidazole rings is 1. The Bertz CT molecular complexity index is 487. The fourth-order valence-corrected chi connectivity index (χ4v) is 2.15. The predicted molar refractivity (Wildman–Crippen MR) is 58.0 cm³/mol. The number of rotatable bonds is 1. The molecule has 1 atom stereocenters. The van der Waals surface area contributed by atoms with Crippen LogP contribution in [-0.4, -0.2) is 20.9 Å². The van der Waals surface area contributed by atoms with E-state index in [9.17, 15) is 0 Å². The normalized spacial score (nSPS) is 21.3. The monoisotopic (exact) mass is 222 g/mol. The summed E-state index contributed by atoms with van der Waals surface area (Å²) in [6, 6.07) is 0.392. The molecule has 1 fully saturated rings. The fraction of sp³-hybridized carbons (Fsp3) is 0.400. The van der Waals surface area contributed by atoms with Gasteiger partial charge in [-0.25, -0.2) is 9.97 Å². The SMILES string of the molecule is Clc1cn2cc(C3CCCN3)nc2cn1. The Kier molecular flexibility index (Phi) is 2.11. The second-order valence-electron chi connectivity index (χ2n) is 3.79. The quantitative estimate of drug-likeness (QED) is 0.800. The van der Waals surface area contributed by atoms with Gasteiger partial charge in [0.05, 0.1) is 17.9 Å². The molecule has 1 aliphatic rings. The van der Waals surface area contributed by atoms with Crippen molar-refractivity contribution in [1.82, 2.24) is 19.7 Å². The highest BCUT2D eigenvalue weighted by atomic mass is 35.5. The molecule has 1 saturated heterocycles. The lowest BCUT2D eigenvalue weighted by molar-refractivity contribution is 0.632. The molecule has 0 amide bonds. The molecule has 15 heavy (non-hydrogen) atoms. The zero-order valence-corrected chi connectivity index (χ0v) is 8.91. The van der Waals surface area contributed by atoms with Crippen LogP contribution in [0.1, 0.15) is 24.6 Å². The van der Waals surface area contributed by atoms with Crippen molar-refractivity contribution in [3.05, 3.63) is 29.4 Å². The molecule has 0 aliphatic carbocycles. The minimum Gasteiger partial charge on any atom is -0.309 e. The van der Waals surface area contributed by atoms with Gasteiger partial charge in [-0.2, -0.15) is 0 Å². The van der Waals surface area contributed by atoms with Gasteiger partial charge in [-0.3, -0.25) is 0 Å². The third kappa shape index (κ3) is 1.60. The molecule has 1 aliphatic heterocycles. The van der Waals surface area contributed by atoms with E-state index in [0.717, 1.165) is 24.3 Å². The number of nitrogens with zero attached hydrogens (tertiary/aromatic N) is 3. The third-order valence-corrected chi connectivity index (χ3v) is 2.94. The van der Waals surface area contributed by atoms with Gasteiger partial charge in [0.25, 0.3) is 0 Å². The number of hydrogen-bond donors (Lipinski definition) is 1. The van der Waals surface area contributed by atoms with Crippen molar-refractivity contribution in [2.45, 2.75) is 18.9 Å².